The molecule has 0 spiro atoms. The molecule has 1 unspecified atom stereocenters. The van der Waals surface area contributed by atoms with Gasteiger partial charge in [0.1, 0.15) is 11.5 Å². The molecule has 16 heavy (non-hydrogen) atoms. The second kappa shape index (κ2) is 5.15. The van der Waals surface area contributed by atoms with Crippen molar-refractivity contribution in [1.29, 1.82) is 0 Å². The number of hydrogen-bond acceptors (Lipinski definition) is 2. The zero-order valence-electron chi connectivity index (χ0n) is 10.5. The van der Waals surface area contributed by atoms with Crippen LogP contribution in [-0.4, -0.2) is 10.9 Å². The van der Waals surface area contributed by atoms with E-state index in [4.69, 9.17) is 0 Å². The Morgan fingerprint density at radius 3 is 2.25 bits per heavy atom. The van der Waals surface area contributed by atoms with Gasteiger partial charge in [0, 0.05) is 6.42 Å². The lowest BCUT2D eigenvalue weighted by Gasteiger charge is -2.14. The van der Waals surface area contributed by atoms with Crippen LogP contribution in [0.25, 0.3) is 0 Å². The number of Topliss-reactive ketones (excluding diaryl/α,β-unsaturated/α-hetero) is 1. The van der Waals surface area contributed by atoms with Crippen LogP contribution in [0.3, 0.4) is 0 Å². The maximum atomic E-state index is 11.0. The molecule has 0 bridgehead atoms. The van der Waals surface area contributed by atoms with E-state index in [1.165, 1.54) is 5.56 Å². The minimum Gasteiger partial charge on any atom is -0.508 e. The van der Waals surface area contributed by atoms with E-state index in [1.807, 2.05) is 13.8 Å². The quantitative estimate of drug-likeness (QED) is 0.846. The summed E-state index contributed by atoms with van der Waals surface area (Å²) in [5.74, 6) is 0.916. The van der Waals surface area contributed by atoms with Gasteiger partial charge < -0.3 is 9.90 Å². The normalized spacial score (nSPS) is 12.5. The van der Waals surface area contributed by atoms with Gasteiger partial charge in [0.15, 0.2) is 0 Å². The molecule has 0 aliphatic heterocycles. The van der Waals surface area contributed by atoms with Crippen molar-refractivity contribution in [2.24, 2.45) is 5.92 Å². The number of rotatable bonds is 4. The van der Waals surface area contributed by atoms with Crippen molar-refractivity contribution in [3.05, 3.63) is 28.8 Å². The third kappa shape index (κ3) is 3.37. The zero-order valence-corrected chi connectivity index (χ0v) is 10.5. The monoisotopic (exact) mass is 220 g/mol. The Balaban J connectivity index is 2.85. The van der Waals surface area contributed by atoms with Gasteiger partial charge in [-0.05, 0) is 61.9 Å². The molecule has 1 N–H and O–H groups in total. The van der Waals surface area contributed by atoms with Crippen LogP contribution in [0, 0.1) is 19.8 Å². The van der Waals surface area contributed by atoms with Crippen molar-refractivity contribution < 1.29 is 9.90 Å². The summed E-state index contributed by atoms with van der Waals surface area (Å²) in [6.07, 6.45) is 1.53. The van der Waals surface area contributed by atoms with Crippen LogP contribution >= 0.6 is 0 Å². The Bertz CT molecular complexity index is 371. The van der Waals surface area contributed by atoms with Crippen molar-refractivity contribution in [3.8, 4) is 5.75 Å². The highest BCUT2D eigenvalue weighted by atomic mass is 16.3. The third-order valence-electron chi connectivity index (χ3n) is 2.87. The Kier molecular flexibility index (Phi) is 4.11. The van der Waals surface area contributed by atoms with Gasteiger partial charge in [-0.1, -0.05) is 6.92 Å². The highest BCUT2D eigenvalue weighted by Gasteiger charge is 2.11. The second-order valence-corrected chi connectivity index (χ2v) is 4.77. The SMILES string of the molecule is CC(=O)CC(C)Cc1c(C)cc(O)cc1C. The minimum atomic E-state index is 0.238. The average Bonchev–Trinajstić information content (AvgIpc) is 2.09. The number of ketones is 1. The van der Waals surface area contributed by atoms with Crippen LogP contribution in [-0.2, 0) is 11.2 Å². The van der Waals surface area contributed by atoms with Crippen LogP contribution < -0.4 is 0 Å². The van der Waals surface area contributed by atoms with Crippen LogP contribution in [0.4, 0.5) is 0 Å². The van der Waals surface area contributed by atoms with Gasteiger partial charge in [-0.15, -0.1) is 0 Å². The first-order valence-electron chi connectivity index (χ1n) is 5.68. The lowest BCUT2D eigenvalue weighted by atomic mass is 9.91. The van der Waals surface area contributed by atoms with E-state index >= 15 is 0 Å². The molecular formula is C14H20O2. The average molecular weight is 220 g/mol. The molecule has 1 aromatic rings. The van der Waals surface area contributed by atoms with Crippen LogP contribution in [0.15, 0.2) is 12.1 Å². The predicted octanol–water partition coefficient (Wildman–Crippen LogP) is 3.17. The molecular weight excluding hydrogens is 200 g/mol. The van der Waals surface area contributed by atoms with Crippen molar-refractivity contribution in [2.45, 2.75) is 40.5 Å². The minimum absolute atomic E-state index is 0.238. The van der Waals surface area contributed by atoms with E-state index in [-0.39, 0.29) is 5.78 Å². The number of phenols is 1. The van der Waals surface area contributed by atoms with Gasteiger partial charge in [0.05, 0.1) is 0 Å². The number of aromatic hydroxyl groups is 1. The molecule has 2 nitrogen and oxygen atoms in total. The smallest absolute Gasteiger partial charge is 0.130 e. The predicted molar refractivity (Wildman–Crippen MR) is 65.7 cm³/mol. The summed E-state index contributed by atoms with van der Waals surface area (Å²) in [4.78, 5) is 11.0. The molecule has 0 saturated heterocycles. The molecule has 0 aliphatic rings. The van der Waals surface area contributed by atoms with Crippen molar-refractivity contribution in [3.63, 3.8) is 0 Å². The number of carbonyl (C=O) groups excluding carboxylic acids is 1. The first kappa shape index (κ1) is 12.8. The van der Waals surface area contributed by atoms with Gasteiger partial charge in [0.2, 0.25) is 0 Å². The third-order valence-corrected chi connectivity index (χ3v) is 2.87. The molecule has 0 aliphatic carbocycles. The van der Waals surface area contributed by atoms with Crippen LogP contribution in [0.5, 0.6) is 5.75 Å². The molecule has 0 radical (unpaired) electrons. The molecule has 0 aromatic heterocycles. The molecule has 88 valence electrons. The van der Waals surface area contributed by atoms with E-state index < -0.39 is 0 Å². The number of aryl methyl sites for hydroxylation is 2. The highest BCUT2D eigenvalue weighted by Crippen LogP contribution is 2.24. The maximum Gasteiger partial charge on any atom is 0.130 e. The summed E-state index contributed by atoms with van der Waals surface area (Å²) in [6, 6.07) is 3.56. The van der Waals surface area contributed by atoms with Crippen molar-refractivity contribution in [2.75, 3.05) is 0 Å². The lowest BCUT2D eigenvalue weighted by molar-refractivity contribution is -0.117. The highest BCUT2D eigenvalue weighted by molar-refractivity contribution is 5.75. The number of hydrogen-bond donors (Lipinski definition) is 1. The first-order chi connectivity index (χ1) is 7.40. The molecule has 1 atom stereocenters. The summed E-state index contributed by atoms with van der Waals surface area (Å²) in [5.41, 5.74) is 3.47. The fourth-order valence-corrected chi connectivity index (χ4v) is 2.20. The summed E-state index contributed by atoms with van der Waals surface area (Å²) in [5, 5.41) is 9.44. The summed E-state index contributed by atoms with van der Waals surface area (Å²) in [7, 11) is 0. The van der Waals surface area contributed by atoms with Gasteiger partial charge in [-0.25, -0.2) is 0 Å². The van der Waals surface area contributed by atoms with Gasteiger partial charge in [-0.3, -0.25) is 0 Å². The topological polar surface area (TPSA) is 37.3 Å². The van der Waals surface area contributed by atoms with E-state index in [9.17, 15) is 9.90 Å². The molecule has 2 heteroatoms. The van der Waals surface area contributed by atoms with Crippen molar-refractivity contribution in [1.82, 2.24) is 0 Å². The molecule has 1 aromatic carbocycles. The Morgan fingerprint density at radius 2 is 1.81 bits per heavy atom. The molecule has 1 rings (SSSR count). The van der Waals surface area contributed by atoms with Gasteiger partial charge >= 0.3 is 0 Å². The van der Waals surface area contributed by atoms with E-state index in [2.05, 4.69) is 6.92 Å². The summed E-state index contributed by atoms with van der Waals surface area (Å²) < 4.78 is 0. The molecule has 0 amide bonds. The molecule has 0 saturated carbocycles. The number of phenolic OH excluding ortho intramolecular Hbond substituents is 1. The number of carbonyl (C=O) groups is 1. The van der Waals surface area contributed by atoms with Gasteiger partial charge in [0.25, 0.3) is 0 Å². The first-order valence-corrected chi connectivity index (χ1v) is 5.68. The van der Waals surface area contributed by atoms with Crippen LogP contribution in [0.2, 0.25) is 0 Å². The summed E-state index contributed by atoms with van der Waals surface area (Å²) >= 11 is 0. The largest absolute Gasteiger partial charge is 0.508 e. The molecule has 0 fully saturated rings. The van der Waals surface area contributed by atoms with E-state index in [1.54, 1.807) is 19.1 Å². The Labute approximate surface area is 97.3 Å². The Morgan fingerprint density at radius 1 is 1.31 bits per heavy atom. The standard InChI is InChI=1S/C14H20O2/c1-9(5-12(4)15)6-14-10(2)7-13(16)8-11(14)3/h7-9,16H,5-6H2,1-4H3. The van der Waals surface area contributed by atoms with Gasteiger partial charge in [-0.2, -0.15) is 0 Å². The Hall–Kier alpha value is -1.31. The zero-order chi connectivity index (χ0) is 12.3. The fourth-order valence-electron chi connectivity index (χ4n) is 2.20. The maximum absolute atomic E-state index is 11.0. The second-order valence-electron chi connectivity index (χ2n) is 4.77. The summed E-state index contributed by atoms with van der Waals surface area (Å²) in [6.45, 7) is 7.73. The molecule has 0 heterocycles. The lowest BCUT2D eigenvalue weighted by Crippen LogP contribution is -2.07. The van der Waals surface area contributed by atoms with E-state index in [0.717, 1.165) is 17.5 Å². The van der Waals surface area contributed by atoms with E-state index in [0.29, 0.717) is 18.1 Å². The fraction of sp³-hybridized carbons (Fsp3) is 0.500. The number of benzene rings is 1. The van der Waals surface area contributed by atoms with Crippen molar-refractivity contribution >= 4 is 5.78 Å². The van der Waals surface area contributed by atoms with Crippen LogP contribution in [0.1, 0.15) is 37.0 Å².